The predicted octanol–water partition coefficient (Wildman–Crippen LogP) is 3.22. The van der Waals surface area contributed by atoms with Gasteiger partial charge in [0.25, 0.3) is 11.5 Å². The third-order valence-electron chi connectivity index (χ3n) is 3.91. The third-order valence-corrected chi connectivity index (χ3v) is 4.16. The highest BCUT2D eigenvalue weighted by Gasteiger charge is 2.33. The molecule has 0 unspecified atom stereocenters. The first kappa shape index (κ1) is 14.9. The van der Waals surface area contributed by atoms with E-state index in [0.29, 0.717) is 10.9 Å². The van der Waals surface area contributed by atoms with E-state index in [1.807, 2.05) is 24.3 Å². The zero-order chi connectivity index (χ0) is 15.7. The quantitative estimate of drug-likeness (QED) is 0.909. The van der Waals surface area contributed by atoms with Crippen LogP contribution in [0.5, 0.6) is 0 Å². The monoisotopic (exact) mass is 316 g/mol. The minimum absolute atomic E-state index is 0.0783. The van der Waals surface area contributed by atoms with Crippen molar-refractivity contribution >= 4 is 17.5 Å². The molecular weight excluding hydrogens is 300 g/mol. The number of pyridine rings is 1. The molecule has 1 aromatic carbocycles. The lowest BCUT2D eigenvalue weighted by atomic mass is 10.0. The van der Waals surface area contributed by atoms with Crippen molar-refractivity contribution in [3.8, 4) is 0 Å². The Bertz CT molecular complexity index is 748. The summed E-state index contributed by atoms with van der Waals surface area (Å²) in [6, 6.07) is 10.7. The molecule has 0 spiro atoms. The number of amides is 1. The van der Waals surface area contributed by atoms with Crippen LogP contribution in [0.25, 0.3) is 0 Å². The molecule has 1 atom stereocenters. The van der Waals surface area contributed by atoms with Crippen LogP contribution in [0, 0.1) is 12.8 Å². The van der Waals surface area contributed by atoms with Crippen LogP contribution in [0.4, 0.5) is 0 Å². The van der Waals surface area contributed by atoms with Gasteiger partial charge in [-0.3, -0.25) is 9.59 Å². The Morgan fingerprint density at radius 2 is 1.91 bits per heavy atom. The van der Waals surface area contributed by atoms with Crippen LogP contribution in [0.1, 0.15) is 40.5 Å². The molecule has 114 valence electrons. The number of aromatic amines is 1. The standard InChI is InChI=1S/C17H17ClN2O2/c1-10-2-9-14(16(21)19-10)17(22)20-15(11-3-4-11)12-5-7-13(18)8-6-12/h2,5-9,11,15H,3-4H2,1H3,(H,19,21)(H,20,22)/t15-/m1/s1. The van der Waals surface area contributed by atoms with Crippen molar-refractivity contribution < 1.29 is 4.79 Å². The maximum Gasteiger partial charge on any atom is 0.260 e. The van der Waals surface area contributed by atoms with Crippen molar-refractivity contribution in [1.29, 1.82) is 0 Å². The summed E-state index contributed by atoms with van der Waals surface area (Å²) in [4.78, 5) is 26.9. The van der Waals surface area contributed by atoms with E-state index in [0.717, 1.165) is 24.1 Å². The topological polar surface area (TPSA) is 62.0 Å². The first-order chi connectivity index (χ1) is 10.5. The Morgan fingerprint density at radius 1 is 1.23 bits per heavy atom. The molecule has 0 aliphatic heterocycles. The van der Waals surface area contributed by atoms with Gasteiger partial charge in [0, 0.05) is 10.7 Å². The summed E-state index contributed by atoms with van der Waals surface area (Å²) in [6.45, 7) is 1.78. The molecule has 4 nitrogen and oxygen atoms in total. The summed E-state index contributed by atoms with van der Waals surface area (Å²) >= 11 is 5.92. The molecule has 22 heavy (non-hydrogen) atoms. The molecule has 0 saturated heterocycles. The molecule has 0 radical (unpaired) electrons. The van der Waals surface area contributed by atoms with Gasteiger partial charge in [0.2, 0.25) is 0 Å². The first-order valence-electron chi connectivity index (χ1n) is 7.31. The van der Waals surface area contributed by atoms with Crippen molar-refractivity contribution in [2.24, 2.45) is 5.92 Å². The second-order valence-electron chi connectivity index (χ2n) is 5.72. The number of carbonyl (C=O) groups is 1. The van der Waals surface area contributed by atoms with Gasteiger partial charge < -0.3 is 10.3 Å². The Balaban J connectivity index is 1.83. The summed E-state index contributed by atoms with van der Waals surface area (Å²) in [5.74, 6) is 0.0859. The largest absolute Gasteiger partial charge is 0.345 e. The molecule has 1 amide bonds. The lowest BCUT2D eigenvalue weighted by Gasteiger charge is -2.18. The molecule has 0 bridgehead atoms. The maximum absolute atomic E-state index is 12.4. The maximum atomic E-state index is 12.4. The van der Waals surface area contributed by atoms with E-state index in [4.69, 9.17) is 11.6 Å². The number of carbonyl (C=O) groups excluding carboxylic acids is 1. The number of halogens is 1. The number of aryl methyl sites for hydroxylation is 1. The molecule has 1 aliphatic rings. The fourth-order valence-electron chi connectivity index (χ4n) is 2.54. The second-order valence-corrected chi connectivity index (χ2v) is 6.16. The molecule has 1 heterocycles. The Kier molecular flexibility index (Phi) is 4.03. The van der Waals surface area contributed by atoms with Gasteiger partial charge >= 0.3 is 0 Å². The van der Waals surface area contributed by atoms with E-state index in [-0.39, 0.29) is 23.1 Å². The zero-order valence-electron chi connectivity index (χ0n) is 12.2. The van der Waals surface area contributed by atoms with Crippen LogP contribution < -0.4 is 10.9 Å². The van der Waals surface area contributed by atoms with Gasteiger partial charge in [0.1, 0.15) is 5.56 Å². The fraction of sp³-hybridized carbons (Fsp3) is 0.294. The zero-order valence-corrected chi connectivity index (χ0v) is 13.0. The molecule has 1 aliphatic carbocycles. The average Bonchev–Trinajstić information content (AvgIpc) is 3.30. The predicted molar refractivity (Wildman–Crippen MR) is 86.2 cm³/mol. The lowest BCUT2D eigenvalue weighted by molar-refractivity contribution is 0.0930. The van der Waals surface area contributed by atoms with Gasteiger partial charge in [-0.25, -0.2) is 0 Å². The summed E-state index contributed by atoms with van der Waals surface area (Å²) in [6.07, 6.45) is 2.16. The van der Waals surface area contributed by atoms with Gasteiger partial charge in [-0.2, -0.15) is 0 Å². The van der Waals surface area contributed by atoms with Gasteiger partial charge in [-0.05, 0) is 55.5 Å². The van der Waals surface area contributed by atoms with E-state index < -0.39 is 0 Å². The SMILES string of the molecule is Cc1ccc(C(=O)N[C@@H](c2ccc(Cl)cc2)C2CC2)c(=O)[nH]1. The Hall–Kier alpha value is -2.07. The van der Waals surface area contributed by atoms with Gasteiger partial charge in [-0.1, -0.05) is 23.7 Å². The highest BCUT2D eigenvalue weighted by molar-refractivity contribution is 6.30. The number of rotatable bonds is 4. The van der Waals surface area contributed by atoms with E-state index >= 15 is 0 Å². The normalized spacial score (nSPS) is 15.4. The number of benzene rings is 1. The van der Waals surface area contributed by atoms with Crippen molar-refractivity contribution in [1.82, 2.24) is 10.3 Å². The van der Waals surface area contributed by atoms with Crippen LogP contribution in [0.15, 0.2) is 41.2 Å². The van der Waals surface area contributed by atoms with E-state index in [2.05, 4.69) is 10.3 Å². The van der Waals surface area contributed by atoms with E-state index in [1.165, 1.54) is 0 Å². The molecule has 3 rings (SSSR count). The van der Waals surface area contributed by atoms with Gasteiger partial charge in [-0.15, -0.1) is 0 Å². The van der Waals surface area contributed by atoms with Gasteiger partial charge in [0.15, 0.2) is 0 Å². The van der Waals surface area contributed by atoms with Crippen LogP contribution in [-0.2, 0) is 0 Å². The summed E-state index contributed by atoms with van der Waals surface area (Å²) in [5, 5.41) is 3.66. The first-order valence-corrected chi connectivity index (χ1v) is 7.68. The smallest absolute Gasteiger partial charge is 0.260 e. The van der Waals surface area contributed by atoms with Crippen molar-refractivity contribution in [3.63, 3.8) is 0 Å². The number of aromatic nitrogens is 1. The minimum atomic E-state index is -0.358. The fourth-order valence-corrected chi connectivity index (χ4v) is 2.67. The van der Waals surface area contributed by atoms with Crippen LogP contribution >= 0.6 is 11.6 Å². The van der Waals surface area contributed by atoms with Crippen LogP contribution in [-0.4, -0.2) is 10.9 Å². The summed E-state index contributed by atoms with van der Waals surface area (Å²) in [5.41, 5.74) is 1.54. The van der Waals surface area contributed by atoms with E-state index in [1.54, 1.807) is 19.1 Å². The average molecular weight is 317 g/mol. The molecule has 1 saturated carbocycles. The molecule has 2 aromatic rings. The van der Waals surface area contributed by atoms with Crippen LogP contribution in [0.3, 0.4) is 0 Å². The Morgan fingerprint density at radius 3 is 2.50 bits per heavy atom. The second kappa shape index (κ2) is 5.97. The highest BCUT2D eigenvalue weighted by atomic mass is 35.5. The van der Waals surface area contributed by atoms with E-state index in [9.17, 15) is 9.59 Å². The number of H-pyrrole nitrogens is 1. The van der Waals surface area contributed by atoms with Crippen molar-refractivity contribution in [3.05, 3.63) is 68.6 Å². The third kappa shape index (κ3) is 3.22. The molecule has 5 heteroatoms. The lowest BCUT2D eigenvalue weighted by Crippen LogP contribution is -2.33. The molecule has 1 aromatic heterocycles. The number of nitrogens with one attached hydrogen (secondary N) is 2. The van der Waals surface area contributed by atoms with Crippen LogP contribution in [0.2, 0.25) is 5.02 Å². The highest BCUT2D eigenvalue weighted by Crippen LogP contribution is 2.41. The number of hydrogen-bond donors (Lipinski definition) is 2. The summed E-state index contributed by atoms with van der Waals surface area (Å²) < 4.78 is 0. The molecule has 1 fully saturated rings. The summed E-state index contributed by atoms with van der Waals surface area (Å²) in [7, 11) is 0. The molecular formula is C17H17ClN2O2. The number of hydrogen-bond acceptors (Lipinski definition) is 2. The van der Waals surface area contributed by atoms with Crippen molar-refractivity contribution in [2.45, 2.75) is 25.8 Å². The van der Waals surface area contributed by atoms with Crippen molar-refractivity contribution in [2.75, 3.05) is 0 Å². The Labute approximate surface area is 133 Å². The minimum Gasteiger partial charge on any atom is -0.345 e. The molecule has 2 N–H and O–H groups in total. The van der Waals surface area contributed by atoms with Gasteiger partial charge in [0.05, 0.1) is 6.04 Å².